The summed E-state index contributed by atoms with van der Waals surface area (Å²) in [7, 11) is 0. The zero-order valence-corrected chi connectivity index (χ0v) is 7.84. The maximum Gasteiger partial charge on any atom is 0.264 e. The Morgan fingerprint density at radius 1 is 1.29 bits per heavy atom. The van der Waals surface area contributed by atoms with Gasteiger partial charge in [-0.2, -0.15) is 0 Å². The minimum Gasteiger partial charge on any atom is -0.316 e. The van der Waals surface area contributed by atoms with Gasteiger partial charge >= 0.3 is 0 Å². The number of alkyl halides is 2. The van der Waals surface area contributed by atoms with Gasteiger partial charge in [0.1, 0.15) is 0 Å². The molecule has 2 rings (SSSR count). The molecule has 1 unspecified atom stereocenters. The van der Waals surface area contributed by atoms with Crippen LogP contribution < -0.4 is 5.32 Å². The van der Waals surface area contributed by atoms with Crippen LogP contribution in [0.25, 0.3) is 0 Å². The van der Waals surface area contributed by atoms with Crippen LogP contribution in [0.15, 0.2) is 24.3 Å². The predicted molar refractivity (Wildman–Crippen MR) is 51.6 cm³/mol. The number of rotatable bonds is 2. The topological polar surface area (TPSA) is 12.0 Å². The van der Waals surface area contributed by atoms with Crippen molar-refractivity contribution in [1.29, 1.82) is 0 Å². The molecule has 76 valence electrons. The third kappa shape index (κ3) is 1.77. The highest BCUT2D eigenvalue weighted by Gasteiger charge is 2.22. The molecule has 14 heavy (non-hydrogen) atoms. The van der Waals surface area contributed by atoms with Crippen molar-refractivity contribution in [2.75, 3.05) is 13.1 Å². The molecule has 1 fully saturated rings. The fraction of sp³-hybridized carbons (Fsp3) is 0.455. The molecule has 0 radical (unpaired) electrons. The first kappa shape index (κ1) is 9.59. The van der Waals surface area contributed by atoms with Crippen molar-refractivity contribution in [3.8, 4) is 0 Å². The van der Waals surface area contributed by atoms with E-state index in [0.29, 0.717) is 0 Å². The molecule has 1 heterocycles. The van der Waals surface area contributed by atoms with Crippen molar-refractivity contribution in [3.05, 3.63) is 35.4 Å². The predicted octanol–water partition coefficient (Wildman–Crippen LogP) is 2.70. The Bertz CT molecular complexity index is 306. The van der Waals surface area contributed by atoms with Crippen molar-refractivity contribution in [2.24, 2.45) is 0 Å². The van der Waals surface area contributed by atoms with Gasteiger partial charge in [-0.25, -0.2) is 8.78 Å². The minimum absolute atomic E-state index is 0.196. The van der Waals surface area contributed by atoms with E-state index in [1.54, 1.807) is 6.07 Å². The van der Waals surface area contributed by atoms with Gasteiger partial charge in [0, 0.05) is 12.1 Å². The molecule has 0 aromatic heterocycles. The lowest BCUT2D eigenvalue weighted by atomic mass is 9.94. The van der Waals surface area contributed by atoms with E-state index in [1.807, 2.05) is 12.1 Å². The Morgan fingerprint density at radius 3 is 2.71 bits per heavy atom. The van der Waals surface area contributed by atoms with Gasteiger partial charge in [-0.15, -0.1) is 0 Å². The van der Waals surface area contributed by atoms with Crippen LogP contribution in [-0.2, 0) is 0 Å². The maximum absolute atomic E-state index is 12.7. The van der Waals surface area contributed by atoms with E-state index in [9.17, 15) is 8.78 Å². The maximum atomic E-state index is 12.7. The van der Waals surface area contributed by atoms with Crippen molar-refractivity contribution < 1.29 is 8.78 Å². The summed E-state index contributed by atoms with van der Waals surface area (Å²) in [5, 5.41) is 3.19. The van der Waals surface area contributed by atoms with Crippen LogP contribution in [0.1, 0.15) is 29.9 Å². The number of hydrogen-bond donors (Lipinski definition) is 1. The average Bonchev–Trinajstić information content (AvgIpc) is 2.70. The summed E-state index contributed by atoms with van der Waals surface area (Å²) < 4.78 is 25.3. The molecule has 1 atom stereocenters. The smallest absolute Gasteiger partial charge is 0.264 e. The largest absolute Gasteiger partial charge is 0.316 e. The molecule has 0 saturated carbocycles. The summed E-state index contributed by atoms with van der Waals surface area (Å²) in [6.07, 6.45) is -1.39. The molecule has 1 saturated heterocycles. The van der Waals surface area contributed by atoms with E-state index in [-0.39, 0.29) is 11.5 Å². The first-order chi connectivity index (χ1) is 6.79. The van der Waals surface area contributed by atoms with E-state index in [0.717, 1.165) is 25.1 Å². The molecule has 0 spiro atoms. The monoisotopic (exact) mass is 197 g/mol. The Labute approximate surface area is 82.1 Å². The van der Waals surface area contributed by atoms with Gasteiger partial charge in [-0.3, -0.25) is 0 Å². The normalized spacial score (nSPS) is 21.8. The zero-order chi connectivity index (χ0) is 9.97. The number of halogens is 2. The van der Waals surface area contributed by atoms with Gasteiger partial charge in [-0.05, 0) is 24.4 Å². The highest BCUT2D eigenvalue weighted by molar-refractivity contribution is 5.32. The van der Waals surface area contributed by atoms with Gasteiger partial charge < -0.3 is 5.32 Å². The average molecular weight is 197 g/mol. The van der Waals surface area contributed by atoms with Gasteiger partial charge in [0.25, 0.3) is 6.43 Å². The second-order valence-corrected chi connectivity index (χ2v) is 3.62. The quantitative estimate of drug-likeness (QED) is 0.768. The van der Waals surface area contributed by atoms with E-state index >= 15 is 0 Å². The second-order valence-electron chi connectivity index (χ2n) is 3.62. The van der Waals surface area contributed by atoms with E-state index in [4.69, 9.17) is 0 Å². The minimum atomic E-state index is -2.35. The number of hydrogen-bond acceptors (Lipinski definition) is 1. The van der Waals surface area contributed by atoms with Crippen LogP contribution in [0.3, 0.4) is 0 Å². The molecule has 0 aliphatic carbocycles. The summed E-state index contributed by atoms with van der Waals surface area (Å²) in [4.78, 5) is 0. The van der Waals surface area contributed by atoms with Crippen LogP contribution in [0.2, 0.25) is 0 Å². The van der Waals surface area contributed by atoms with Gasteiger partial charge in [0.05, 0.1) is 0 Å². The number of benzene rings is 1. The van der Waals surface area contributed by atoms with Crippen LogP contribution in [0, 0.1) is 0 Å². The molecule has 1 aromatic rings. The molecule has 0 bridgehead atoms. The van der Waals surface area contributed by atoms with Crippen molar-refractivity contribution in [2.45, 2.75) is 18.8 Å². The molecule has 1 N–H and O–H groups in total. The molecule has 1 aliphatic rings. The summed E-state index contributed by atoms with van der Waals surface area (Å²) in [5.41, 5.74) is 1.01. The molecule has 3 heteroatoms. The first-order valence-corrected chi connectivity index (χ1v) is 4.86. The SMILES string of the molecule is FC(F)c1ccccc1C1CCNC1. The van der Waals surface area contributed by atoms with Crippen LogP contribution in [0.4, 0.5) is 8.78 Å². The lowest BCUT2D eigenvalue weighted by molar-refractivity contribution is 0.150. The Hall–Kier alpha value is -0.960. The van der Waals surface area contributed by atoms with E-state index in [2.05, 4.69) is 5.32 Å². The molecule has 0 amide bonds. The van der Waals surface area contributed by atoms with Crippen molar-refractivity contribution >= 4 is 0 Å². The van der Waals surface area contributed by atoms with Gasteiger partial charge in [-0.1, -0.05) is 24.3 Å². The van der Waals surface area contributed by atoms with Crippen LogP contribution >= 0.6 is 0 Å². The van der Waals surface area contributed by atoms with Crippen LogP contribution in [-0.4, -0.2) is 13.1 Å². The van der Waals surface area contributed by atoms with E-state index < -0.39 is 6.43 Å². The lowest BCUT2D eigenvalue weighted by Crippen LogP contribution is -2.09. The number of nitrogens with one attached hydrogen (secondary N) is 1. The first-order valence-electron chi connectivity index (χ1n) is 4.86. The van der Waals surface area contributed by atoms with Crippen molar-refractivity contribution in [3.63, 3.8) is 0 Å². The summed E-state index contributed by atoms with van der Waals surface area (Å²) in [6.45, 7) is 1.76. The third-order valence-electron chi connectivity index (χ3n) is 2.73. The Morgan fingerprint density at radius 2 is 2.07 bits per heavy atom. The molecular weight excluding hydrogens is 184 g/mol. The fourth-order valence-corrected chi connectivity index (χ4v) is 2.00. The Kier molecular flexibility index (Phi) is 2.77. The lowest BCUT2D eigenvalue weighted by Gasteiger charge is -2.13. The molecular formula is C11H13F2N. The van der Waals surface area contributed by atoms with E-state index in [1.165, 1.54) is 6.07 Å². The highest BCUT2D eigenvalue weighted by Crippen LogP contribution is 2.31. The standard InChI is InChI=1S/C11H13F2N/c12-11(13)10-4-2-1-3-9(10)8-5-6-14-7-8/h1-4,8,11,14H,5-7H2. The second kappa shape index (κ2) is 4.05. The third-order valence-corrected chi connectivity index (χ3v) is 2.73. The molecule has 1 aromatic carbocycles. The molecule has 1 aliphatic heterocycles. The van der Waals surface area contributed by atoms with Gasteiger partial charge in [0.15, 0.2) is 0 Å². The zero-order valence-electron chi connectivity index (χ0n) is 7.84. The molecule has 1 nitrogen and oxygen atoms in total. The fourth-order valence-electron chi connectivity index (χ4n) is 2.00. The van der Waals surface area contributed by atoms with Crippen LogP contribution in [0.5, 0.6) is 0 Å². The highest BCUT2D eigenvalue weighted by atomic mass is 19.3. The van der Waals surface area contributed by atoms with Gasteiger partial charge in [0.2, 0.25) is 0 Å². The van der Waals surface area contributed by atoms with Crippen molar-refractivity contribution in [1.82, 2.24) is 5.32 Å². The summed E-state index contributed by atoms with van der Waals surface area (Å²) >= 11 is 0. The summed E-state index contributed by atoms with van der Waals surface area (Å²) in [5.74, 6) is 0.264. The Balaban J connectivity index is 2.30. The summed E-state index contributed by atoms with van der Waals surface area (Å²) in [6, 6.07) is 6.85.